The molecule has 1 fully saturated rings. The third kappa shape index (κ3) is 3.18. The number of aromatic nitrogens is 1. The van der Waals surface area contributed by atoms with Crippen molar-refractivity contribution in [3.8, 4) is 0 Å². The van der Waals surface area contributed by atoms with E-state index in [0.717, 1.165) is 18.0 Å². The molecule has 1 aromatic heterocycles. The molecule has 1 saturated heterocycles. The van der Waals surface area contributed by atoms with Crippen LogP contribution in [0.4, 0.5) is 0 Å². The van der Waals surface area contributed by atoms with Crippen LogP contribution in [0.5, 0.6) is 0 Å². The van der Waals surface area contributed by atoms with E-state index in [1.54, 1.807) is 6.20 Å². The first-order valence-corrected chi connectivity index (χ1v) is 6.06. The van der Waals surface area contributed by atoms with Crippen LogP contribution in [0, 0.1) is 0 Å². The molecule has 0 bridgehead atoms. The van der Waals surface area contributed by atoms with Gasteiger partial charge >= 0.3 is 0 Å². The number of nitrogens with zero attached hydrogens (tertiary/aromatic N) is 1. The van der Waals surface area contributed by atoms with E-state index in [0.29, 0.717) is 6.04 Å². The van der Waals surface area contributed by atoms with E-state index < -0.39 is 0 Å². The molecule has 3 heteroatoms. The van der Waals surface area contributed by atoms with Crippen LogP contribution in [0.25, 0.3) is 0 Å². The van der Waals surface area contributed by atoms with Crippen LogP contribution in [0.2, 0.25) is 5.02 Å². The van der Waals surface area contributed by atoms with Gasteiger partial charge in [0.2, 0.25) is 0 Å². The molecule has 0 radical (unpaired) electrons. The molecule has 0 amide bonds. The zero-order chi connectivity index (χ0) is 10.5. The fourth-order valence-electron chi connectivity index (χ4n) is 2.11. The lowest BCUT2D eigenvalue weighted by Crippen LogP contribution is -2.30. The summed E-state index contributed by atoms with van der Waals surface area (Å²) in [5, 5.41) is 4.37. The first-order valence-electron chi connectivity index (χ1n) is 5.68. The standard InChI is InChI=1S/C12H17ClN2/c13-12-9-14-7-5-10(12)8-11-4-2-1-3-6-15-11/h5,7,9,11,15H,1-4,6,8H2. The average Bonchev–Trinajstić information content (AvgIpc) is 2.50. The quantitative estimate of drug-likeness (QED) is 0.836. The van der Waals surface area contributed by atoms with E-state index in [4.69, 9.17) is 11.6 Å². The van der Waals surface area contributed by atoms with Gasteiger partial charge in [0.05, 0.1) is 5.02 Å². The highest BCUT2D eigenvalue weighted by atomic mass is 35.5. The Balaban J connectivity index is 1.98. The van der Waals surface area contributed by atoms with Crippen LogP contribution in [0.1, 0.15) is 31.2 Å². The monoisotopic (exact) mass is 224 g/mol. The lowest BCUT2D eigenvalue weighted by molar-refractivity contribution is 0.507. The molecule has 82 valence electrons. The van der Waals surface area contributed by atoms with Gasteiger partial charge in [-0.25, -0.2) is 0 Å². The summed E-state index contributed by atoms with van der Waals surface area (Å²) in [6, 6.07) is 2.61. The van der Waals surface area contributed by atoms with Crippen molar-refractivity contribution >= 4 is 11.6 Å². The first-order chi connectivity index (χ1) is 7.36. The van der Waals surface area contributed by atoms with Crippen molar-refractivity contribution in [2.75, 3.05) is 6.54 Å². The zero-order valence-corrected chi connectivity index (χ0v) is 9.63. The lowest BCUT2D eigenvalue weighted by Gasteiger charge is -2.16. The fourth-order valence-corrected chi connectivity index (χ4v) is 2.31. The number of nitrogens with one attached hydrogen (secondary N) is 1. The maximum atomic E-state index is 6.09. The number of halogens is 1. The molecule has 2 heterocycles. The molecule has 0 spiro atoms. The molecular formula is C12H17ClN2. The van der Waals surface area contributed by atoms with Gasteiger partial charge in [-0.15, -0.1) is 0 Å². The third-order valence-electron chi connectivity index (χ3n) is 2.99. The van der Waals surface area contributed by atoms with Gasteiger partial charge in [-0.05, 0) is 37.4 Å². The summed E-state index contributed by atoms with van der Waals surface area (Å²) >= 11 is 6.09. The molecule has 1 N–H and O–H groups in total. The van der Waals surface area contributed by atoms with Crippen molar-refractivity contribution in [2.24, 2.45) is 0 Å². The molecule has 0 saturated carbocycles. The molecule has 1 unspecified atom stereocenters. The van der Waals surface area contributed by atoms with E-state index in [2.05, 4.69) is 10.3 Å². The second-order valence-electron chi connectivity index (χ2n) is 4.17. The van der Waals surface area contributed by atoms with E-state index in [9.17, 15) is 0 Å². The summed E-state index contributed by atoms with van der Waals surface area (Å²) in [6.45, 7) is 1.15. The van der Waals surface area contributed by atoms with Gasteiger partial charge < -0.3 is 5.32 Å². The Bertz CT molecular complexity index is 306. The highest BCUT2D eigenvalue weighted by molar-refractivity contribution is 6.31. The van der Waals surface area contributed by atoms with Gasteiger partial charge in [0.25, 0.3) is 0 Å². The molecule has 1 aliphatic rings. The van der Waals surface area contributed by atoms with Gasteiger partial charge in [0, 0.05) is 18.4 Å². The largest absolute Gasteiger partial charge is 0.314 e. The highest BCUT2D eigenvalue weighted by Crippen LogP contribution is 2.18. The second kappa shape index (κ2) is 5.47. The van der Waals surface area contributed by atoms with Crippen LogP contribution in [-0.4, -0.2) is 17.6 Å². The SMILES string of the molecule is Clc1cnccc1CC1CCCCCN1. The summed E-state index contributed by atoms with van der Waals surface area (Å²) in [5.41, 5.74) is 1.21. The number of pyridine rings is 1. The lowest BCUT2D eigenvalue weighted by atomic mass is 10.0. The number of rotatable bonds is 2. The van der Waals surface area contributed by atoms with Crippen LogP contribution >= 0.6 is 11.6 Å². The van der Waals surface area contributed by atoms with Crippen LogP contribution in [0.3, 0.4) is 0 Å². The van der Waals surface area contributed by atoms with Gasteiger partial charge in [0.1, 0.15) is 0 Å². The Morgan fingerprint density at radius 2 is 2.33 bits per heavy atom. The first kappa shape index (κ1) is 10.9. The third-order valence-corrected chi connectivity index (χ3v) is 3.33. The highest BCUT2D eigenvalue weighted by Gasteiger charge is 2.13. The maximum Gasteiger partial charge on any atom is 0.0621 e. The van der Waals surface area contributed by atoms with Gasteiger partial charge in [-0.3, -0.25) is 4.98 Å². The summed E-state index contributed by atoms with van der Waals surface area (Å²) in [7, 11) is 0. The van der Waals surface area contributed by atoms with E-state index in [1.807, 2.05) is 12.3 Å². The molecule has 0 aliphatic carbocycles. The van der Waals surface area contributed by atoms with Crippen LogP contribution < -0.4 is 5.32 Å². The topological polar surface area (TPSA) is 24.9 Å². The predicted molar refractivity (Wildman–Crippen MR) is 63.2 cm³/mol. The van der Waals surface area contributed by atoms with Crippen LogP contribution in [-0.2, 0) is 6.42 Å². The normalized spacial score (nSPS) is 22.3. The predicted octanol–water partition coefficient (Wildman–Crippen LogP) is 2.81. The Morgan fingerprint density at radius 3 is 3.20 bits per heavy atom. The minimum absolute atomic E-state index is 0.590. The minimum Gasteiger partial charge on any atom is -0.314 e. The van der Waals surface area contributed by atoms with Crippen molar-refractivity contribution in [3.63, 3.8) is 0 Å². The van der Waals surface area contributed by atoms with E-state index >= 15 is 0 Å². The molecule has 15 heavy (non-hydrogen) atoms. The smallest absolute Gasteiger partial charge is 0.0621 e. The zero-order valence-electron chi connectivity index (χ0n) is 8.88. The molecule has 2 rings (SSSR count). The second-order valence-corrected chi connectivity index (χ2v) is 4.58. The minimum atomic E-state index is 0.590. The molecule has 1 atom stereocenters. The van der Waals surface area contributed by atoms with Crippen molar-refractivity contribution in [1.82, 2.24) is 10.3 Å². The van der Waals surface area contributed by atoms with Gasteiger partial charge in [0.15, 0.2) is 0 Å². The van der Waals surface area contributed by atoms with Crippen LogP contribution in [0.15, 0.2) is 18.5 Å². The Labute approximate surface area is 96.1 Å². The van der Waals surface area contributed by atoms with Crippen molar-refractivity contribution in [1.29, 1.82) is 0 Å². The van der Waals surface area contributed by atoms with E-state index in [-0.39, 0.29) is 0 Å². The van der Waals surface area contributed by atoms with Crippen molar-refractivity contribution < 1.29 is 0 Å². The van der Waals surface area contributed by atoms with Gasteiger partial charge in [-0.2, -0.15) is 0 Å². The summed E-state index contributed by atoms with van der Waals surface area (Å²) in [4.78, 5) is 4.00. The summed E-state index contributed by atoms with van der Waals surface area (Å²) < 4.78 is 0. The van der Waals surface area contributed by atoms with Crippen molar-refractivity contribution in [3.05, 3.63) is 29.0 Å². The Hall–Kier alpha value is -0.600. The van der Waals surface area contributed by atoms with E-state index in [1.165, 1.54) is 31.2 Å². The maximum absolute atomic E-state index is 6.09. The molecule has 2 nitrogen and oxygen atoms in total. The number of hydrogen-bond donors (Lipinski definition) is 1. The average molecular weight is 225 g/mol. The molecule has 0 aromatic carbocycles. The fraction of sp³-hybridized carbons (Fsp3) is 0.583. The summed E-state index contributed by atoms with van der Waals surface area (Å²) in [5.74, 6) is 0. The van der Waals surface area contributed by atoms with Gasteiger partial charge in [-0.1, -0.05) is 24.4 Å². The Kier molecular flexibility index (Phi) is 3.98. The Morgan fingerprint density at radius 1 is 1.40 bits per heavy atom. The van der Waals surface area contributed by atoms with Crippen molar-refractivity contribution in [2.45, 2.75) is 38.1 Å². The molecular weight excluding hydrogens is 208 g/mol. The molecule has 1 aliphatic heterocycles. The summed E-state index contributed by atoms with van der Waals surface area (Å²) in [6.07, 6.45) is 9.83. The number of hydrogen-bond acceptors (Lipinski definition) is 2. The molecule has 1 aromatic rings.